The molecule has 2 aliphatic rings. The average Bonchev–Trinajstić information content (AvgIpc) is 3.11. The van der Waals surface area contributed by atoms with E-state index in [0.29, 0.717) is 45.0 Å². The minimum atomic E-state index is -3.77. The molecule has 0 amide bonds. The van der Waals surface area contributed by atoms with Gasteiger partial charge in [0.05, 0.1) is 22.0 Å². The molecule has 1 atom stereocenters. The smallest absolute Gasteiger partial charge is 0.293 e. The zero-order valence-electron chi connectivity index (χ0n) is 18.0. The summed E-state index contributed by atoms with van der Waals surface area (Å²) in [6.45, 7) is 5.32. The van der Waals surface area contributed by atoms with E-state index >= 15 is 0 Å². The Bertz CT molecular complexity index is 862. The van der Waals surface area contributed by atoms with Crippen molar-refractivity contribution in [3.8, 4) is 0 Å². The van der Waals surface area contributed by atoms with E-state index in [-0.39, 0.29) is 16.1 Å². The van der Waals surface area contributed by atoms with Gasteiger partial charge in [-0.05, 0) is 38.4 Å². The van der Waals surface area contributed by atoms with Crippen LogP contribution in [0.2, 0.25) is 0 Å². The predicted octanol–water partition coefficient (Wildman–Crippen LogP) is 2.32. The normalized spacial score (nSPS) is 23.8. The second kappa shape index (κ2) is 9.17. The molecule has 10 heteroatoms. The maximum atomic E-state index is 13.1. The van der Waals surface area contributed by atoms with Crippen LogP contribution in [0.3, 0.4) is 0 Å². The van der Waals surface area contributed by atoms with Crippen LogP contribution in [0.15, 0.2) is 23.1 Å². The molecule has 2 aliphatic heterocycles. The van der Waals surface area contributed by atoms with Crippen molar-refractivity contribution < 1.29 is 18.1 Å². The molecule has 2 heterocycles. The standard InChI is InChI=1S/C20H32N4O5S/c1-4-8-20(16-29-3)9-5-10-23(20)18-7-6-17(15-19(18)24(25)26)30(27,28)22-13-11-21(2)12-14-22/h6-7,15H,4-5,8-14,16H2,1-3H3. The highest BCUT2D eigenvalue weighted by Crippen LogP contribution is 2.42. The molecule has 0 N–H and O–H groups in total. The molecule has 0 bridgehead atoms. The van der Waals surface area contributed by atoms with Gasteiger partial charge in [0.25, 0.3) is 5.69 Å². The monoisotopic (exact) mass is 440 g/mol. The molecule has 1 aromatic carbocycles. The van der Waals surface area contributed by atoms with Crippen molar-refractivity contribution >= 4 is 21.4 Å². The van der Waals surface area contributed by atoms with Crippen molar-refractivity contribution in [1.82, 2.24) is 9.21 Å². The Balaban J connectivity index is 1.99. The molecule has 30 heavy (non-hydrogen) atoms. The van der Waals surface area contributed by atoms with Gasteiger partial charge in [-0.1, -0.05) is 13.3 Å². The lowest BCUT2D eigenvalue weighted by atomic mass is 9.91. The predicted molar refractivity (Wildman–Crippen MR) is 115 cm³/mol. The van der Waals surface area contributed by atoms with Gasteiger partial charge in [0.2, 0.25) is 10.0 Å². The number of likely N-dealkylation sites (N-methyl/N-ethyl adjacent to an activating group) is 1. The zero-order valence-corrected chi connectivity index (χ0v) is 18.9. The number of hydrogen-bond acceptors (Lipinski definition) is 7. The summed E-state index contributed by atoms with van der Waals surface area (Å²) < 4.78 is 33.1. The molecule has 1 unspecified atom stereocenters. The van der Waals surface area contributed by atoms with Crippen LogP contribution in [0.1, 0.15) is 32.6 Å². The molecular formula is C20H32N4O5S. The number of hydrogen-bond donors (Lipinski definition) is 0. The van der Waals surface area contributed by atoms with Crippen LogP contribution < -0.4 is 4.90 Å². The Morgan fingerprint density at radius 2 is 1.90 bits per heavy atom. The lowest BCUT2D eigenvalue weighted by Gasteiger charge is -2.39. The van der Waals surface area contributed by atoms with E-state index in [1.807, 2.05) is 7.05 Å². The van der Waals surface area contributed by atoms with Gasteiger partial charge in [-0.25, -0.2) is 8.42 Å². The molecule has 0 aromatic heterocycles. The zero-order chi connectivity index (χ0) is 21.9. The molecule has 2 fully saturated rings. The van der Waals surface area contributed by atoms with Crippen molar-refractivity contribution in [2.45, 2.75) is 43.0 Å². The topological polar surface area (TPSA) is 96.2 Å². The third kappa shape index (κ3) is 4.32. The number of anilines is 1. The van der Waals surface area contributed by atoms with E-state index in [1.54, 1.807) is 13.2 Å². The fourth-order valence-electron chi connectivity index (χ4n) is 4.75. The summed E-state index contributed by atoms with van der Waals surface area (Å²) >= 11 is 0. The summed E-state index contributed by atoms with van der Waals surface area (Å²) in [6, 6.07) is 4.34. The summed E-state index contributed by atoms with van der Waals surface area (Å²) in [6.07, 6.45) is 3.61. The average molecular weight is 441 g/mol. The third-order valence-corrected chi connectivity index (χ3v) is 8.15. The Hall–Kier alpha value is -1.75. The van der Waals surface area contributed by atoms with Gasteiger partial charge in [-0.2, -0.15) is 4.31 Å². The van der Waals surface area contributed by atoms with Gasteiger partial charge in [0.15, 0.2) is 0 Å². The van der Waals surface area contributed by atoms with Crippen LogP contribution in [0.5, 0.6) is 0 Å². The Labute approximate surface area is 178 Å². The number of ether oxygens (including phenoxy) is 1. The van der Waals surface area contributed by atoms with Crippen molar-refractivity contribution in [3.05, 3.63) is 28.3 Å². The fourth-order valence-corrected chi connectivity index (χ4v) is 6.19. The van der Waals surface area contributed by atoms with Crippen molar-refractivity contribution in [2.24, 2.45) is 0 Å². The minimum absolute atomic E-state index is 0.0190. The van der Waals surface area contributed by atoms with Gasteiger partial charge >= 0.3 is 0 Å². The first-order chi connectivity index (χ1) is 14.2. The summed E-state index contributed by atoms with van der Waals surface area (Å²) in [5.41, 5.74) is 0.00977. The Kier molecular flexibility index (Phi) is 7.01. The van der Waals surface area contributed by atoms with Crippen molar-refractivity contribution in [1.29, 1.82) is 0 Å². The first kappa shape index (κ1) is 22.9. The number of piperazine rings is 1. The van der Waals surface area contributed by atoms with Gasteiger partial charge in [0.1, 0.15) is 5.69 Å². The highest BCUT2D eigenvalue weighted by atomic mass is 32.2. The van der Waals surface area contributed by atoms with E-state index < -0.39 is 14.9 Å². The number of benzene rings is 1. The third-order valence-electron chi connectivity index (χ3n) is 6.26. The van der Waals surface area contributed by atoms with Crippen LogP contribution in [0.4, 0.5) is 11.4 Å². The number of nitrogens with zero attached hydrogens (tertiary/aromatic N) is 4. The van der Waals surface area contributed by atoms with Crippen LogP contribution >= 0.6 is 0 Å². The Morgan fingerprint density at radius 1 is 1.20 bits per heavy atom. The molecule has 0 aliphatic carbocycles. The second-order valence-electron chi connectivity index (χ2n) is 8.28. The molecule has 1 aromatic rings. The van der Waals surface area contributed by atoms with Crippen molar-refractivity contribution in [2.75, 3.05) is 58.4 Å². The van der Waals surface area contributed by atoms with E-state index in [1.165, 1.54) is 16.4 Å². The van der Waals surface area contributed by atoms with Gasteiger partial charge in [-0.15, -0.1) is 0 Å². The maximum Gasteiger partial charge on any atom is 0.293 e. The van der Waals surface area contributed by atoms with Crippen LogP contribution in [0.25, 0.3) is 0 Å². The largest absolute Gasteiger partial charge is 0.382 e. The van der Waals surface area contributed by atoms with Gasteiger partial charge < -0.3 is 14.5 Å². The Morgan fingerprint density at radius 3 is 2.50 bits per heavy atom. The molecule has 0 saturated carbocycles. The van der Waals surface area contributed by atoms with E-state index in [9.17, 15) is 18.5 Å². The minimum Gasteiger partial charge on any atom is -0.382 e. The van der Waals surface area contributed by atoms with Crippen LogP contribution in [-0.4, -0.2) is 81.6 Å². The van der Waals surface area contributed by atoms with Crippen LogP contribution in [0, 0.1) is 10.1 Å². The summed E-state index contributed by atoms with van der Waals surface area (Å²) in [4.78, 5) is 15.6. The quantitative estimate of drug-likeness (QED) is 0.452. The number of rotatable bonds is 8. The maximum absolute atomic E-state index is 13.1. The fraction of sp³-hybridized carbons (Fsp3) is 0.700. The highest BCUT2D eigenvalue weighted by molar-refractivity contribution is 7.89. The molecule has 168 valence electrons. The highest BCUT2D eigenvalue weighted by Gasteiger charge is 2.43. The second-order valence-corrected chi connectivity index (χ2v) is 10.2. The molecule has 0 radical (unpaired) electrons. The lowest BCUT2D eigenvalue weighted by Crippen LogP contribution is -2.48. The summed E-state index contributed by atoms with van der Waals surface area (Å²) in [5, 5.41) is 11.9. The molecular weight excluding hydrogens is 408 g/mol. The van der Waals surface area contributed by atoms with Gasteiger partial charge in [-0.3, -0.25) is 10.1 Å². The molecule has 0 spiro atoms. The number of nitro groups is 1. The van der Waals surface area contributed by atoms with Crippen molar-refractivity contribution in [3.63, 3.8) is 0 Å². The summed E-state index contributed by atoms with van der Waals surface area (Å²) in [7, 11) is -0.178. The number of nitro benzene ring substituents is 1. The number of sulfonamides is 1. The molecule has 3 rings (SSSR count). The first-order valence-corrected chi connectivity index (χ1v) is 11.9. The van der Waals surface area contributed by atoms with Gasteiger partial charge in [0, 0.05) is 45.9 Å². The SMILES string of the molecule is CCCC1(COC)CCCN1c1ccc(S(=O)(=O)N2CCN(C)CC2)cc1[N+](=O)[O-]. The number of methoxy groups -OCH3 is 1. The van der Waals surface area contributed by atoms with E-state index in [4.69, 9.17) is 4.74 Å². The summed E-state index contributed by atoms with van der Waals surface area (Å²) in [5.74, 6) is 0. The van der Waals surface area contributed by atoms with E-state index in [0.717, 1.165) is 25.7 Å². The van der Waals surface area contributed by atoms with E-state index in [2.05, 4.69) is 16.7 Å². The molecule has 9 nitrogen and oxygen atoms in total. The lowest BCUT2D eigenvalue weighted by molar-refractivity contribution is -0.384. The van der Waals surface area contributed by atoms with Crippen LogP contribution in [-0.2, 0) is 14.8 Å². The molecule has 2 saturated heterocycles. The first-order valence-electron chi connectivity index (χ1n) is 10.5.